The van der Waals surface area contributed by atoms with Crippen molar-refractivity contribution < 1.29 is 23.8 Å². The number of anilines is 2. The SMILES string of the molecule is Cc1c(CNc2ccc(CCC(=O)O)c(F)c2)ccc2c1N(CC(=O)N1CCOCC1)CCC2. The third-order valence-electron chi connectivity index (χ3n) is 6.65. The molecule has 2 aromatic rings. The maximum atomic E-state index is 14.4. The molecule has 1 amide bonds. The maximum Gasteiger partial charge on any atom is 0.303 e. The summed E-state index contributed by atoms with van der Waals surface area (Å²) in [5.74, 6) is -1.20. The summed E-state index contributed by atoms with van der Waals surface area (Å²) in [6.45, 7) is 6.32. The second kappa shape index (κ2) is 10.9. The molecule has 1 saturated heterocycles. The van der Waals surface area contributed by atoms with Crippen LogP contribution in [0.25, 0.3) is 0 Å². The van der Waals surface area contributed by atoms with Gasteiger partial charge in [-0.25, -0.2) is 4.39 Å². The Bertz CT molecular complexity index is 1050. The molecule has 0 bridgehead atoms. The van der Waals surface area contributed by atoms with Gasteiger partial charge in [0, 0.05) is 44.0 Å². The molecule has 2 aliphatic heterocycles. The highest BCUT2D eigenvalue weighted by Crippen LogP contribution is 2.33. The van der Waals surface area contributed by atoms with Crippen molar-refractivity contribution in [2.75, 3.05) is 49.6 Å². The van der Waals surface area contributed by atoms with Crippen molar-refractivity contribution in [3.63, 3.8) is 0 Å². The first kappa shape index (κ1) is 24.0. The van der Waals surface area contributed by atoms with E-state index in [2.05, 4.69) is 29.3 Å². The highest BCUT2D eigenvalue weighted by Gasteiger charge is 2.25. The molecule has 34 heavy (non-hydrogen) atoms. The third-order valence-corrected chi connectivity index (χ3v) is 6.65. The van der Waals surface area contributed by atoms with Gasteiger partial charge in [-0.2, -0.15) is 0 Å². The lowest BCUT2D eigenvalue weighted by molar-refractivity contribution is -0.137. The predicted molar refractivity (Wildman–Crippen MR) is 129 cm³/mol. The number of aryl methyl sites for hydroxylation is 2. The average Bonchev–Trinajstić information content (AvgIpc) is 2.83. The number of ether oxygens (including phenoxy) is 1. The minimum atomic E-state index is -0.940. The number of amides is 1. The summed E-state index contributed by atoms with van der Waals surface area (Å²) in [7, 11) is 0. The predicted octanol–water partition coefficient (Wildman–Crippen LogP) is 3.37. The highest BCUT2D eigenvalue weighted by atomic mass is 19.1. The number of aliphatic carboxylic acids is 1. The van der Waals surface area contributed by atoms with E-state index in [1.54, 1.807) is 12.1 Å². The van der Waals surface area contributed by atoms with E-state index in [1.807, 2.05) is 4.90 Å². The van der Waals surface area contributed by atoms with Gasteiger partial charge in [-0.3, -0.25) is 9.59 Å². The summed E-state index contributed by atoms with van der Waals surface area (Å²) >= 11 is 0. The lowest BCUT2D eigenvalue weighted by Gasteiger charge is -2.35. The summed E-state index contributed by atoms with van der Waals surface area (Å²) in [6, 6.07) is 9.07. The van der Waals surface area contributed by atoms with E-state index in [0.29, 0.717) is 50.6 Å². The van der Waals surface area contributed by atoms with Crippen molar-refractivity contribution in [3.8, 4) is 0 Å². The molecule has 0 radical (unpaired) electrons. The first-order chi connectivity index (χ1) is 16.4. The molecule has 0 unspecified atom stereocenters. The van der Waals surface area contributed by atoms with Crippen molar-refractivity contribution in [2.24, 2.45) is 0 Å². The molecule has 182 valence electrons. The Morgan fingerprint density at radius 3 is 2.62 bits per heavy atom. The third kappa shape index (κ3) is 5.67. The number of nitrogens with one attached hydrogen (secondary N) is 1. The summed E-state index contributed by atoms with van der Waals surface area (Å²) < 4.78 is 19.7. The summed E-state index contributed by atoms with van der Waals surface area (Å²) in [5, 5.41) is 12.1. The molecular weight excluding hydrogens is 437 g/mol. The number of carbonyl (C=O) groups excluding carboxylic acids is 1. The zero-order valence-corrected chi connectivity index (χ0v) is 19.6. The Kier molecular flexibility index (Phi) is 7.67. The number of nitrogens with zero attached hydrogens (tertiary/aromatic N) is 2. The zero-order chi connectivity index (χ0) is 24.1. The van der Waals surface area contributed by atoms with Gasteiger partial charge in [-0.05, 0) is 60.6 Å². The van der Waals surface area contributed by atoms with E-state index >= 15 is 0 Å². The fraction of sp³-hybridized carbons (Fsp3) is 0.462. The fourth-order valence-electron chi connectivity index (χ4n) is 4.74. The molecule has 2 heterocycles. The van der Waals surface area contributed by atoms with Gasteiger partial charge in [0.25, 0.3) is 0 Å². The van der Waals surface area contributed by atoms with Crippen LogP contribution < -0.4 is 10.2 Å². The largest absolute Gasteiger partial charge is 0.481 e. The molecule has 0 atom stereocenters. The second-order valence-electron chi connectivity index (χ2n) is 8.93. The van der Waals surface area contributed by atoms with Crippen LogP contribution in [0.3, 0.4) is 0 Å². The number of morpholine rings is 1. The summed E-state index contributed by atoms with van der Waals surface area (Å²) in [6.07, 6.45) is 2.09. The van der Waals surface area contributed by atoms with Gasteiger partial charge in [0.15, 0.2) is 0 Å². The number of carboxylic acids is 1. The molecule has 0 saturated carbocycles. The number of halogens is 1. The Labute approximate surface area is 199 Å². The van der Waals surface area contributed by atoms with E-state index in [-0.39, 0.29) is 18.7 Å². The number of hydrogen-bond donors (Lipinski definition) is 2. The number of fused-ring (bicyclic) bond motifs is 1. The van der Waals surface area contributed by atoms with E-state index in [0.717, 1.165) is 36.2 Å². The maximum absolute atomic E-state index is 14.4. The molecule has 2 aliphatic rings. The highest BCUT2D eigenvalue weighted by molar-refractivity contribution is 5.83. The summed E-state index contributed by atoms with van der Waals surface area (Å²) in [4.78, 5) is 27.7. The first-order valence-corrected chi connectivity index (χ1v) is 11.9. The van der Waals surface area contributed by atoms with Crippen molar-refractivity contribution >= 4 is 23.3 Å². The smallest absolute Gasteiger partial charge is 0.303 e. The van der Waals surface area contributed by atoms with Gasteiger partial charge in [0.2, 0.25) is 5.91 Å². The zero-order valence-electron chi connectivity index (χ0n) is 19.6. The molecule has 1 fully saturated rings. The number of carboxylic acid groups (broad SMARTS) is 1. The molecule has 2 aromatic carbocycles. The van der Waals surface area contributed by atoms with Crippen molar-refractivity contribution in [3.05, 3.63) is 58.4 Å². The van der Waals surface area contributed by atoms with Crippen LogP contribution in [0.2, 0.25) is 0 Å². The fourth-order valence-corrected chi connectivity index (χ4v) is 4.74. The van der Waals surface area contributed by atoms with Gasteiger partial charge in [-0.1, -0.05) is 18.2 Å². The van der Waals surface area contributed by atoms with Crippen molar-refractivity contribution in [2.45, 2.75) is 39.2 Å². The average molecular weight is 470 g/mol. The van der Waals surface area contributed by atoms with Crippen LogP contribution in [-0.4, -0.2) is 61.3 Å². The van der Waals surface area contributed by atoms with Crippen molar-refractivity contribution in [1.29, 1.82) is 0 Å². The quantitative estimate of drug-likeness (QED) is 0.617. The molecular formula is C26H32FN3O4. The topological polar surface area (TPSA) is 82.1 Å². The molecule has 2 N–H and O–H groups in total. The van der Waals surface area contributed by atoms with Crippen LogP contribution in [-0.2, 0) is 33.7 Å². The van der Waals surface area contributed by atoms with Crippen LogP contribution >= 0.6 is 0 Å². The molecule has 4 rings (SSSR count). The van der Waals surface area contributed by atoms with Crippen LogP contribution in [0.5, 0.6) is 0 Å². The molecule has 8 heteroatoms. The second-order valence-corrected chi connectivity index (χ2v) is 8.93. The number of rotatable bonds is 8. The standard InChI is InChI=1S/C26H32FN3O4/c1-18-21(16-28-22-8-6-19(23(27)15-22)7-9-25(32)33)5-4-20-3-2-10-30(26(18)20)17-24(31)29-11-13-34-14-12-29/h4-6,8,15,28H,2-3,7,9-14,16-17H2,1H3,(H,32,33). The molecule has 0 aliphatic carbocycles. The van der Waals surface area contributed by atoms with Gasteiger partial charge < -0.3 is 25.0 Å². The van der Waals surface area contributed by atoms with Crippen molar-refractivity contribution in [1.82, 2.24) is 4.90 Å². The van der Waals surface area contributed by atoms with Gasteiger partial charge in [0.05, 0.1) is 19.8 Å². The van der Waals surface area contributed by atoms with Gasteiger partial charge >= 0.3 is 5.97 Å². The lowest BCUT2D eigenvalue weighted by Crippen LogP contribution is -2.47. The number of benzene rings is 2. The Balaban J connectivity index is 1.45. The Morgan fingerprint density at radius 2 is 1.88 bits per heavy atom. The minimum absolute atomic E-state index is 0.0947. The molecule has 0 aromatic heterocycles. The normalized spacial score (nSPS) is 15.7. The van der Waals surface area contributed by atoms with E-state index in [1.165, 1.54) is 11.6 Å². The van der Waals surface area contributed by atoms with Crippen LogP contribution in [0.15, 0.2) is 30.3 Å². The number of hydrogen-bond acceptors (Lipinski definition) is 5. The van der Waals surface area contributed by atoms with E-state index in [9.17, 15) is 14.0 Å². The van der Waals surface area contributed by atoms with Crippen LogP contribution in [0, 0.1) is 12.7 Å². The van der Waals surface area contributed by atoms with E-state index in [4.69, 9.17) is 9.84 Å². The van der Waals surface area contributed by atoms with Gasteiger partial charge in [-0.15, -0.1) is 0 Å². The Hall–Kier alpha value is -3.13. The Morgan fingerprint density at radius 1 is 1.12 bits per heavy atom. The van der Waals surface area contributed by atoms with Gasteiger partial charge in [0.1, 0.15) is 5.82 Å². The molecule has 0 spiro atoms. The first-order valence-electron chi connectivity index (χ1n) is 11.9. The minimum Gasteiger partial charge on any atom is -0.481 e. The van der Waals surface area contributed by atoms with Crippen LogP contribution in [0.1, 0.15) is 35.1 Å². The monoisotopic (exact) mass is 469 g/mol. The molecule has 7 nitrogen and oxygen atoms in total. The van der Waals surface area contributed by atoms with Crippen LogP contribution in [0.4, 0.5) is 15.8 Å². The number of carbonyl (C=O) groups is 2. The lowest BCUT2D eigenvalue weighted by atomic mass is 9.94. The van der Waals surface area contributed by atoms with E-state index < -0.39 is 11.8 Å². The summed E-state index contributed by atoms with van der Waals surface area (Å²) in [5.41, 5.74) is 5.68.